The summed E-state index contributed by atoms with van der Waals surface area (Å²) in [5.74, 6) is 1.85. The summed E-state index contributed by atoms with van der Waals surface area (Å²) in [5, 5.41) is 6.15. The zero-order chi connectivity index (χ0) is 31.6. The number of benzene rings is 4. The zero-order valence-corrected chi connectivity index (χ0v) is 25.5. The molecule has 6 bridgehead atoms. The Balaban J connectivity index is 1.25. The van der Waals surface area contributed by atoms with Gasteiger partial charge < -0.3 is 29.7 Å². The molecule has 5 aromatic rings. The third-order valence-electron chi connectivity index (χ3n) is 8.35. The summed E-state index contributed by atoms with van der Waals surface area (Å²) in [6.45, 7) is 3.09. The van der Waals surface area contributed by atoms with E-state index in [1.165, 1.54) is 0 Å². The Bertz CT molecular complexity index is 1950. The summed E-state index contributed by atoms with van der Waals surface area (Å²) in [6.07, 6.45) is 1.32. The van der Waals surface area contributed by atoms with E-state index in [-0.39, 0.29) is 24.5 Å². The highest BCUT2D eigenvalue weighted by atomic mass is 16.5. The topological polar surface area (TPSA) is 115 Å². The molecule has 0 saturated carbocycles. The van der Waals surface area contributed by atoms with E-state index in [0.717, 1.165) is 33.3 Å². The summed E-state index contributed by atoms with van der Waals surface area (Å²) in [4.78, 5) is 38.0. The molecule has 2 amide bonds. The number of para-hydroxylation sites is 2. The van der Waals surface area contributed by atoms with E-state index in [0.29, 0.717) is 48.3 Å². The van der Waals surface area contributed by atoms with Crippen molar-refractivity contribution in [3.63, 3.8) is 0 Å². The minimum atomic E-state index is -0.430. The van der Waals surface area contributed by atoms with Crippen LogP contribution in [0.1, 0.15) is 21.5 Å². The zero-order valence-electron chi connectivity index (χ0n) is 25.5. The molecule has 3 aliphatic rings. The Morgan fingerprint density at radius 1 is 0.913 bits per heavy atom. The van der Waals surface area contributed by atoms with Crippen molar-refractivity contribution in [2.24, 2.45) is 0 Å². The van der Waals surface area contributed by atoms with Crippen LogP contribution in [0.5, 0.6) is 17.2 Å². The van der Waals surface area contributed by atoms with Gasteiger partial charge in [0.1, 0.15) is 17.7 Å². The summed E-state index contributed by atoms with van der Waals surface area (Å²) in [5.41, 5.74) is 5.75. The molecule has 1 fully saturated rings. The van der Waals surface area contributed by atoms with Gasteiger partial charge in [0.2, 0.25) is 0 Å². The van der Waals surface area contributed by atoms with Crippen LogP contribution in [0.3, 0.4) is 0 Å². The Morgan fingerprint density at radius 2 is 1.78 bits per heavy atom. The van der Waals surface area contributed by atoms with Crippen molar-refractivity contribution in [3.8, 4) is 28.4 Å². The number of methoxy groups -OCH3 is 1. The van der Waals surface area contributed by atoms with Gasteiger partial charge in [0.05, 0.1) is 36.9 Å². The lowest BCUT2D eigenvalue weighted by Crippen LogP contribution is -2.45. The lowest BCUT2D eigenvalue weighted by molar-refractivity contribution is -0.123. The van der Waals surface area contributed by atoms with Gasteiger partial charge in [0.15, 0.2) is 18.1 Å². The van der Waals surface area contributed by atoms with E-state index < -0.39 is 6.10 Å². The number of rotatable bonds is 2. The fraction of sp³-hybridized carbons (Fsp3) is 0.222. The number of aryl methyl sites for hydroxylation is 1. The molecule has 2 N–H and O–H groups in total. The number of hydrogen-bond donors (Lipinski definition) is 2. The summed E-state index contributed by atoms with van der Waals surface area (Å²) < 4.78 is 18.1. The van der Waals surface area contributed by atoms with E-state index in [1.54, 1.807) is 13.3 Å². The van der Waals surface area contributed by atoms with Crippen LogP contribution in [0.4, 0.5) is 5.82 Å². The number of hydrogen-bond acceptors (Lipinski definition) is 8. The quantitative estimate of drug-likeness (QED) is 0.294. The molecule has 3 aliphatic heterocycles. The van der Waals surface area contributed by atoms with Gasteiger partial charge in [-0.15, -0.1) is 0 Å². The van der Waals surface area contributed by atoms with Crippen LogP contribution in [-0.4, -0.2) is 60.7 Å². The standard InChI is InChI=1S/C36H33N5O5/c1-22-10-12-25-16-27(22)24-6-5-7-26(15-24)45-21-35(42)38-17-23-11-13-31(32(14-23)44-2)46-33-20-41(19-30(33)40-36(25)43)34-18-37-28-8-3-4-9-29(28)39-34/h3-16,18,30,33H,17,19-21H2,1-2H3,(H,38,42)(H,40,43)/t30-,33-/m0/s1. The molecule has 10 heteroatoms. The molecular weight excluding hydrogens is 582 g/mol. The molecule has 8 rings (SSSR count). The second-order valence-corrected chi connectivity index (χ2v) is 11.5. The van der Waals surface area contributed by atoms with Gasteiger partial charge in [-0.3, -0.25) is 14.6 Å². The normalized spacial score (nSPS) is 18.2. The summed E-state index contributed by atoms with van der Waals surface area (Å²) in [7, 11) is 1.57. The lowest BCUT2D eigenvalue weighted by Gasteiger charge is -2.23. The molecule has 10 nitrogen and oxygen atoms in total. The minimum Gasteiger partial charge on any atom is -0.493 e. The van der Waals surface area contributed by atoms with E-state index in [1.807, 2.05) is 91.9 Å². The Morgan fingerprint density at radius 3 is 2.65 bits per heavy atom. The maximum Gasteiger partial charge on any atom is 0.258 e. The second-order valence-electron chi connectivity index (χ2n) is 11.5. The van der Waals surface area contributed by atoms with Crippen molar-refractivity contribution in [1.82, 2.24) is 20.6 Å². The average molecular weight is 616 g/mol. The van der Waals surface area contributed by atoms with Gasteiger partial charge in [0, 0.05) is 18.7 Å². The van der Waals surface area contributed by atoms with Crippen molar-refractivity contribution in [1.29, 1.82) is 0 Å². The first kappa shape index (κ1) is 29.1. The number of anilines is 1. The number of carbonyl (C=O) groups excluding carboxylic acids is 2. The first-order chi connectivity index (χ1) is 22.4. The van der Waals surface area contributed by atoms with Gasteiger partial charge in [-0.2, -0.15) is 0 Å². The van der Waals surface area contributed by atoms with Crippen LogP contribution in [-0.2, 0) is 11.3 Å². The van der Waals surface area contributed by atoms with Crippen molar-refractivity contribution >= 4 is 28.7 Å². The Labute approximate surface area is 266 Å². The van der Waals surface area contributed by atoms with Crippen molar-refractivity contribution < 1.29 is 23.8 Å². The molecule has 1 aromatic heterocycles. The van der Waals surface area contributed by atoms with E-state index in [9.17, 15) is 9.59 Å². The van der Waals surface area contributed by atoms with Crippen LogP contribution in [0.2, 0.25) is 0 Å². The second kappa shape index (κ2) is 12.4. The third kappa shape index (κ3) is 6.01. The third-order valence-corrected chi connectivity index (χ3v) is 8.35. The number of nitrogens with zero attached hydrogens (tertiary/aromatic N) is 3. The smallest absolute Gasteiger partial charge is 0.258 e. The molecule has 0 unspecified atom stereocenters. The fourth-order valence-electron chi connectivity index (χ4n) is 5.88. The van der Waals surface area contributed by atoms with Crippen LogP contribution in [0.15, 0.2) is 91.1 Å². The number of amides is 2. The molecule has 4 aromatic carbocycles. The van der Waals surface area contributed by atoms with Crippen molar-refractivity contribution in [2.45, 2.75) is 25.6 Å². The van der Waals surface area contributed by atoms with Crippen LogP contribution >= 0.6 is 0 Å². The van der Waals surface area contributed by atoms with Crippen LogP contribution in [0, 0.1) is 6.92 Å². The van der Waals surface area contributed by atoms with E-state index in [4.69, 9.17) is 19.2 Å². The highest BCUT2D eigenvalue weighted by Crippen LogP contribution is 2.32. The maximum absolute atomic E-state index is 13.8. The fourth-order valence-corrected chi connectivity index (χ4v) is 5.88. The minimum absolute atomic E-state index is 0.135. The average Bonchev–Trinajstić information content (AvgIpc) is 3.48. The van der Waals surface area contributed by atoms with Gasteiger partial charge in [-0.1, -0.05) is 36.4 Å². The molecule has 0 spiro atoms. The number of carbonyl (C=O) groups is 2. The molecule has 0 radical (unpaired) electrons. The number of nitrogens with one attached hydrogen (secondary N) is 2. The van der Waals surface area contributed by atoms with Gasteiger partial charge in [-0.05, 0) is 77.7 Å². The Hall–Kier alpha value is -5.64. The van der Waals surface area contributed by atoms with Gasteiger partial charge in [0.25, 0.3) is 11.8 Å². The van der Waals surface area contributed by atoms with Gasteiger partial charge in [-0.25, -0.2) is 4.98 Å². The largest absolute Gasteiger partial charge is 0.493 e. The highest BCUT2D eigenvalue weighted by Gasteiger charge is 2.37. The molecule has 4 heterocycles. The van der Waals surface area contributed by atoms with Crippen molar-refractivity contribution in [2.75, 3.05) is 31.7 Å². The molecule has 2 atom stereocenters. The molecule has 46 heavy (non-hydrogen) atoms. The van der Waals surface area contributed by atoms with E-state index >= 15 is 0 Å². The maximum atomic E-state index is 13.8. The number of ether oxygens (including phenoxy) is 3. The van der Waals surface area contributed by atoms with Crippen LogP contribution < -0.4 is 29.7 Å². The predicted octanol–water partition coefficient (Wildman–Crippen LogP) is 4.69. The molecule has 0 aliphatic carbocycles. The monoisotopic (exact) mass is 615 g/mol. The number of fused-ring (bicyclic) bond motifs is 8. The molecule has 232 valence electrons. The summed E-state index contributed by atoms with van der Waals surface area (Å²) >= 11 is 0. The number of aromatic nitrogens is 2. The lowest BCUT2D eigenvalue weighted by atomic mass is 9.97. The molecular formula is C36H33N5O5. The molecule has 1 saturated heterocycles. The first-order valence-electron chi connectivity index (χ1n) is 15.2. The van der Waals surface area contributed by atoms with E-state index in [2.05, 4.69) is 20.5 Å². The first-order valence-corrected chi connectivity index (χ1v) is 15.2. The van der Waals surface area contributed by atoms with Gasteiger partial charge >= 0.3 is 0 Å². The highest BCUT2D eigenvalue weighted by molar-refractivity contribution is 5.96. The van der Waals surface area contributed by atoms with Crippen molar-refractivity contribution in [3.05, 3.63) is 108 Å². The predicted molar refractivity (Wildman–Crippen MR) is 174 cm³/mol. The SMILES string of the molecule is COc1cc2ccc1O[C@H]1CN(c3cnc4ccccc4n3)C[C@@H]1NC(=O)c1ccc(C)c(c1)-c1cccc(c1)OCC(=O)NC2. The van der Waals surface area contributed by atoms with Crippen LogP contribution in [0.25, 0.3) is 22.2 Å². The Kier molecular flexibility index (Phi) is 7.84. The summed E-state index contributed by atoms with van der Waals surface area (Å²) in [6, 6.07) is 26.0.